The van der Waals surface area contributed by atoms with Crippen molar-refractivity contribution in [1.82, 2.24) is 0 Å². The highest BCUT2D eigenvalue weighted by atomic mass is 127. The Bertz CT molecular complexity index is 92.4. The molecule has 0 heterocycles. The Morgan fingerprint density at radius 3 is 2.25 bits per heavy atom. The Labute approximate surface area is 60.8 Å². The van der Waals surface area contributed by atoms with E-state index in [1.54, 1.807) is 0 Å². The minimum absolute atomic E-state index is 0.0908. The van der Waals surface area contributed by atoms with Gasteiger partial charge in [0.25, 0.3) is 0 Å². The van der Waals surface area contributed by atoms with Crippen LogP contribution in [0.1, 0.15) is 19.3 Å². The maximum Gasteiger partial charge on any atom is 0.249 e. The monoisotopic (exact) mass is 232 g/mol. The van der Waals surface area contributed by atoms with Gasteiger partial charge in [-0.1, -0.05) is 22.6 Å². The third-order valence-electron chi connectivity index (χ3n) is 1.34. The van der Waals surface area contributed by atoms with Crippen LogP contribution in [-0.4, -0.2) is 9.85 Å². The van der Waals surface area contributed by atoms with Gasteiger partial charge in [-0.25, -0.2) is 8.78 Å². The fraction of sp³-hybridized carbons (Fsp3) is 1.00. The minimum atomic E-state index is -2.34. The van der Waals surface area contributed by atoms with Gasteiger partial charge in [0, 0.05) is 16.8 Å². The number of hydrogen-bond donors (Lipinski definition) is 0. The first-order chi connectivity index (χ1) is 3.60. The van der Waals surface area contributed by atoms with Crippen LogP contribution in [0.5, 0.6) is 0 Å². The Balaban J connectivity index is 2.44. The Hall–Kier alpha value is 0.590. The van der Waals surface area contributed by atoms with Crippen molar-refractivity contribution >= 4 is 22.6 Å². The third kappa shape index (κ3) is 1.53. The normalized spacial score (nSPS) is 35.6. The molecule has 0 aromatic rings. The summed E-state index contributed by atoms with van der Waals surface area (Å²) in [5.74, 6) is -2.34. The minimum Gasteiger partial charge on any atom is -0.207 e. The summed E-state index contributed by atoms with van der Waals surface area (Å²) in [6.07, 6.45) is 0.877. The van der Waals surface area contributed by atoms with Crippen LogP contribution in [0.25, 0.3) is 0 Å². The molecular weight excluding hydrogens is 225 g/mol. The van der Waals surface area contributed by atoms with Crippen molar-refractivity contribution < 1.29 is 8.78 Å². The molecule has 0 aromatic carbocycles. The average molecular weight is 232 g/mol. The van der Waals surface area contributed by atoms with Crippen molar-refractivity contribution in [3.05, 3.63) is 0 Å². The zero-order chi connectivity index (χ0) is 6.20. The molecule has 0 spiro atoms. The highest BCUT2D eigenvalue weighted by molar-refractivity contribution is 14.1. The van der Waals surface area contributed by atoms with E-state index < -0.39 is 5.92 Å². The van der Waals surface area contributed by atoms with Crippen LogP contribution in [-0.2, 0) is 0 Å². The van der Waals surface area contributed by atoms with E-state index in [9.17, 15) is 8.78 Å². The van der Waals surface area contributed by atoms with E-state index in [-0.39, 0.29) is 16.8 Å². The molecule has 1 aliphatic carbocycles. The van der Waals surface area contributed by atoms with E-state index in [0.29, 0.717) is 6.42 Å². The number of halogens is 3. The van der Waals surface area contributed by atoms with Gasteiger partial charge in [0.15, 0.2) is 0 Å². The average Bonchev–Trinajstić information content (AvgIpc) is 1.82. The van der Waals surface area contributed by atoms with Crippen molar-refractivity contribution in [3.8, 4) is 0 Å². The molecule has 0 N–H and O–H groups in total. The first-order valence-electron chi connectivity index (χ1n) is 2.62. The summed E-state index contributed by atoms with van der Waals surface area (Å²) < 4.78 is 24.6. The van der Waals surface area contributed by atoms with Gasteiger partial charge in [-0.3, -0.25) is 0 Å². The molecule has 1 fully saturated rings. The van der Waals surface area contributed by atoms with Crippen molar-refractivity contribution in [3.63, 3.8) is 0 Å². The second kappa shape index (κ2) is 2.08. The van der Waals surface area contributed by atoms with Gasteiger partial charge < -0.3 is 0 Å². The molecule has 1 rings (SSSR count). The van der Waals surface area contributed by atoms with Gasteiger partial charge in [0.2, 0.25) is 5.92 Å². The molecule has 1 atom stereocenters. The molecule has 48 valence electrons. The molecule has 8 heavy (non-hydrogen) atoms. The van der Waals surface area contributed by atoms with Crippen LogP contribution in [0.3, 0.4) is 0 Å². The van der Waals surface area contributed by atoms with Gasteiger partial charge in [-0.2, -0.15) is 0 Å². The highest BCUT2D eigenvalue weighted by Gasteiger charge is 2.37. The lowest BCUT2D eigenvalue weighted by molar-refractivity contribution is 0.0101. The molecule has 3 heteroatoms. The fourth-order valence-electron chi connectivity index (χ4n) is 0.896. The molecule has 0 nitrogen and oxygen atoms in total. The smallest absolute Gasteiger partial charge is 0.207 e. The number of hydrogen-bond acceptors (Lipinski definition) is 0. The van der Waals surface area contributed by atoms with E-state index in [0.717, 1.165) is 0 Å². The third-order valence-corrected chi connectivity index (χ3v) is 2.41. The predicted molar refractivity (Wildman–Crippen MR) is 36.6 cm³/mol. The van der Waals surface area contributed by atoms with E-state index in [4.69, 9.17) is 0 Å². The molecule has 0 saturated heterocycles. The molecule has 0 unspecified atom stereocenters. The van der Waals surface area contributed by atoms with Crippen LogP contribution in [0, 0.1) is 0 Å². The zero-order valence-electron chi connectivity index (χ0n) is 4.33. The number of alkyl halides is 3. The fourth-order valence-corrected chi connectivity index (χ4v) is 1.85. The lowest BCUT2D eigenvalue weighted by Gasteiger charge is -2.04. The molecule has 0 bridgehead atoms. The van der Waals surface area contributed by atoms with Crippen LogP contribution >= 0.6 is 22.6 Å². The van der Waals surface area contributed by atoms with Crippen molar-refractivity contribution in [1.29, 1.82) is 0 Å². The molecule has 0 amide bonds. The van der Waals surface area contributed by atoms with Crippen molar-refractivity contribution in [2.24, 2.45) is 0 Å². The van der Waals surface area contributed by atoms with E-state index in [1.807, 2.05) is 0 Å². The summed E-state index contributed by atoms with van der Waals surface area (Å²) in [7, 11) is 0. The summed E-state index contributed by atoms with van der Waals surface area (Å²) in [6.45, 7) is 0. The SMILES string of the molecule is FC1(F)CC[C@@H](I)C1. The highest BCUT2D eigenvalue weighted by Crippen LogP contribution is 2.38. The van der Waals surface area contributed by atoms with Gasteiger partial charge in [0.05, 0.1) is 0 Å². The Kier molecular flexibility index (Phi) is 1.74. The standard InChI is InChI=1S/C5H7F2I/c6-5(7)2-1-4(8)3-5/h4H,1-3H2/t4-/m1/s1. The second-order valence-electron chi connectivity index (χ2n) is 2.20. The zero-order valence-corrected chi connectivity index (χ0v) is 6.49. The van der Waals surface area contributed by atoms with Crippen LogP contribution in [0.4, 0.5) is 8.78 Å². The Morgan fingerprint density at radius 1 is 1.50 bits per heavy atom. The van der Waals surface area contributed by atoms with Gasteiger partial charge in [-0.05, 0) is 6.42 Å². The summed E-state index contributed by atoms with van der Waals surface area (Å²) in [5.41, 5.74) is 0. The maximum absolute atomic E-state index is 12.2. The number of rotatable bonds is 0. The molecule has 1 saturated carbocycles. The van der Waals surface area contributed by atoms with E-state index >= 15 is 0 Å². The Morgan fingerprint density at radius 2 is 2.12 bits per heavy atom. The maximum atomic E-state index is 12.2. The molecule has 0 aromatic heterocycles. The van der Waals surface area contributed by atoms with Gasteiger partial charge >= 0.3 is 0 Å². The molecular formula is C5H7F2I. The molecule has 0 radical (unpaired) electrons. The summed E-state index contributed by atoms with van der Waals surface area (Å²) in [6, 6.07) is 0. The van der Waals surface area contributed by atoms with Crippen molar-refractivity contribution in [2.45, 2.75) is 29.1 Å². The second-order valence-corrected chi connectivity index (χ2v) is 3.96. The van der Waals surface area contributed by atoms with Crippen LogP contribution < -0.4 is 0 Å². The molecule has 1 aliphatic rings. The summed E-state index contributed by atoms with van der Waals surface area (Å²) >= 11 is 2.08. The van der Waals surface area contributed by atoms with E-state index in [2.05, 4.69) is 22.6 Å². The lowest BCUT2D eigenvalue weighted by Crippen LogP contribution is -2.08. The van der Waals surface area contributed by atoms with Crippen LogP contribution in [0.15, 0.2) is 0 Å². The van der Waals surface area contributed by atoms with Gasteiger partial charge in [0.1, 0.15) is 0 Å². The first-order valence-corrected chi connectivity index (χ1v) is 3.87. The van der Waals surface area contributed by atoms with Crippen LogP contribution in [0.2, 0.25) is 0 Å². The lowest BCUT2D eigenvalue weighted by atomic mass is 10.3. The van der Waals surface area contributed by atoms with Crippen molar-refractivity contribution in [2.75, 3.05) is 0 Å². The summed E-state index contributed by atoms with van der Waals surface area (Å²) in [4.78, 5) is 0. The quantitative estimate of drug-likeness (QED) is 0.444. The first kappa shape index (κ1) is 6.71. The van der Waals surface area contributed by atoms with Gasteiger partial charge in [-0.15, -0.1) is 0 Å². The largest absolute Gasteiger partial charge is 0.249 e. The predicted octanol–water partition coefficient (Wildman–Crippen LogP) is 2.61. The summed E-state index contributed by atoms with van der Waals surface area (Å²) in [5, 5.41) is 0. The van der Waals surface area contributed by atoms with E-state index in [1.165, 1.54) is 0 Å². The molecule has 0 aliphatic heterocycles. The topological polar surface area (TPSA) is 0 Å².